The first-order chi connectivity index (χ1) is 11.8. The molecule has 0 aromatic heterocycles. The second-order valence-corrected chi connectivity index (χ2v) is 6.56. The van der Waals surface area contributed by atoms with Gasteiger partial charge in [0.15, 0.2) is 0 Å². The smallest absolute Gasteiger partial charge is 0.305 e. The zero-order valence-corrected chi connectivity index (χ0v) is 15.2. The molecule has 1 atom stereocenters. The van der Waals surface area contributed by atoms with E-state index in [2.05, 4.69) is 4.74 Å². The van der Waals surface area contributed by atoms with E-state index in [1.165, 1.54) is 14.2 Å². The summed E-state index contributed by atoms with van der Waals surface area (Å²) in [6.07, 6.45) is 1.61. The summed E-state index contributed by atoms with van der Waals surface area (Å²) in [7, 11) is 2.77. The molecule has 1 heterocycles. The highest BCUT2D eigenvalue weighted by atomic mass is 16.6. The standard InChI is InChI=1S/C18H25N2O5/c1-17(2)18(25-4,14-10-6-5-7-11-14)20(23)15(19(17)22)12-8-9-13-16(21)24-3/h5-7,10-11H,8-9,12-13H2,1-4H3. The van der Waals surface area contributed by atoms with Crippen molar-refractivity contribution in [1.82, 2.24) is 5.06 Å². The van der Waals surface area contributed by atoms with Crippen molar-refractivity contribution in [3.63, 3.8) is 0 Å². The topological polar surface area (TPSA) is 84.7 Å². The lowest BCUT2D eigenvalue weighted by Crippen LogP contribution is -2.56. The Labute approximate surface area is 148 Å². The normalized spacial score (nSPS) is 22.4. The largest absolute Gasteiger partial charge is 0.713 e. The number of nitrogens with zero attached hydrogens (tertiary/aromatic N) is 2. The highest BCUT2D eigenvalue weighted by Gasteiger charge is 2.66. The van der Waals surface area contributed by atoms with Crippen LogP contribution < -0.4 is 0 Å². The molecule has 0 bridgehead atoms. The van der Waals surface area contributed by atoms with Gasteiger partial charge in [-0.2, -0.15) is 0 Å². The Bertz CT molecular complexity index is 644. The molecule has 1 aliphatic heterocycles. The number of carbonyl (C=O) groups is 1. The molecule has 1 aliphatic rings. The zero-order chi connectivity index (χ0) is 18.7. The van der Waals surface area contributed by atoms with Gasteiger partial charge in [0, 0.05) is 24.3 Å². The Balaban J connectivity index is 2.30. The van der Waals surface area contributed by atoms with E-state index >= 15 is 0 Å². The first kappa shape index (κ1) is 19.2. The van der Waals surface area contributed by atoms with E-state index < -0.39 is 11.3 Å². The highest BCUT2D eigenvalue weighted by molar-refractivity contribution is 5.79. The summed E-state index contributed by atoms with van der Waals surface area (Å²) >= 11 is 0. The number of hydroxylamine groups is 3. The highest BCUT2D eigenvalue weighted by Crippen LogP contribution is 2.45. The van der Waals surface area contributed by atoms with Gasteiger partial charge in [0.2, 0.25) is 5.54 Å². The van der Waals surface area contributed by atoms with E-state index in [9.17, 15) is 15.2 Å². The van der Waals surface area contributed by atoms with Crippen molar-refractivity contribution >= 4 is 11.8 Å². The molecule has 0 amide bonds. The number of unbranched alkanes of at least 4 members (excludes halogenated alkanes) is 1. The quantitative estimate of drug-likeness (QED) is 0.327. The van der Waals surface area contributed by atoms with Gasteiger partial charge in [-0.1, -0.05) is 35.4 Å². The summed E-state index contributed by atoms with van der Waals surface area (Å²) in [5.41, 5.74) is -1.90. The molecular weight excluding hydrogens is 324 g/mol. The molecule has 0 fully saturated rings. The van der Waals surface area contributed by atoms with Crippen LogP contribution in [-0.2, 0) is 25.2 Å². The summed E-state index contributed by atoms with van der Waals surface area (Å²) in [6.45, 7) is 3.39. The van der Waals surface area contributed by atoms with Crippen LogP contribution in [0.3, 0.4) is 0 Å². The Morgan fingerprint density at radius 1 is 1.20 bits per heavy atom. The van der Waals surface area contributed by atoms with Gasteiger partial charge in [0.1, 0.15) is 0 Å². The molecule has 0 saturated carbocycles. The number of hydrogen-bond acceptors (Lipinski definition) is 5. The van der Waals surface area contributed by atoms with Gasteiger partial charge in [0.05, 0.1) is 13.5 Å². The molecular formula is C18H25N2O5. The number of benzene rings is 1. The van der Waals surface area contributed by atoms with Crippen molar-refractivity contribution < 1.29 is 24.2 Å². The van der Waals surface area contributed by atoms with Gasteiger partial charge in [-0.15, -0.1) is 0 Å². The number of methoxy groups -OCH3 is 2. The van der Waals surface area contributed by atoms with Crippen molar-refractivity contribution in [3.8, 4) is 0 Å². The second kappa shape index (κ2) is 7.41. The fourth-order valence-corrected chi connectivity index (χ4v) is 3.42. The molecule has 1 unspecified atom stereocenters. The number of hydrogen-bond donors (Lipinski definition) is 0. The van der Waals surface area contributed by atoms with Gasteiger partial charge < -0.3 is 14.7 Å². The lowest BCUT2D eigenvalue weighted by atomic mass is 9.85. The minimum Gasteiger partial charge on any atom is -0.713 e. The van der Waals surface area contributed by atoms with Gasteiger partial charge >= 0.3 is 5.97 Å². The van der Waals surface area contributed by atoms with Gasteiger partial charge in [-0.25, -0.2) is 4.74 Å². The molecule has 1 aromatic carbocycles. The Kier molecular flexibility index (Phi) is 5.69. The summed E-state index contributed by atoms with van der Waals surface area (Å²) < 4.78 is 10.9. The fraction of sp³-hybridized carbons (Fsp3) is 0.556. The second-order valence-electron chi connectivity index (χ2n) is 6.56. The van der Waals surface area contributed by atoms with Crippen molar-refractivity contribution in [2.24, 2.45) is 0 Å². The minimum atomic E-state index is -1.42. The van der Waals surface area contributed by atoms with Crippen LogP contribution in [0.4, 0.5) is 0 Å². The summed E-state index contributed by atoms with van der Waals surface area (Å²) in [5, 5.41) is 26.7. The third kappa shape index (κ3) is 3.09. The maximum atomic E-state index is 13.1. The minimum absolute atomic E-state index is 0.112. The average Bonchev–Trinajstić information content (AvgIpc) is 2.76. The first-order valence-corrected chi connectivity index (χ1v) is 8.31. The Morgan fingerprint density at radius 2 is 1.84 bits per heavy atom. The van der Waals surface area contributed by atoms with Crippen LogP contribution in [0.1, 0.15) is 45.1 Å². The van der Waals surface area contributed by atoms with Crippen LogP contribution in [-0.4, -0.2) is 41.4 Å². The molecule has 137 valence electrons. The maximum absolute atomic E-state index is 13.1. The molecule has 1 aromatic rings. The summed E-state index contributed by atoms with van der Waals surface area (Å²) in [6, 6.07) is 9.03. The number of ether oxygens (including phenoxy) is 2. The molecule has 7 nitrogen and oxygen atoms in total. The van der Waals surface area contributed by atoms with Crippen LogP contribution in [0.25, 0.3) is 0 Å². The van der Waals surface area contributed by atoms with Crippen LogP contribution in [0.15, 0.2) is 30.3 Å². The zero-order valence-electron chi connectivity index (χ0n) is 15.2. The van der Waals surface area contributed by atoms with Crippen molar-refractivity contribution in [2.75, 3.05) is 14.2 Å². The number of esters is 1. The predicted octanol–water partition coefficient (Wildman–Crippen LogP) is 2.57. The first-order valence-electron chi connectivity index (χ1n) is 8.31. The van der Waals surface area contributed by atoms with Crippen molar-refractivity contribution in [2.45, 2.75) is 50.8 Å². The molecule has 7 heteroatoms. The van der Waals surface area contributed by atoms with Crippen LogP contribution >= 0.6 is 0 Å². The summed E-state index contributed by atoms with van der Waals surface area (Å²) in [4.78, 5) is 11.2. The van der Waals surface area contributed by atoms with Gasteiger partial charge in [-0.3, -0.25) is 4.79 Å². The van der Waals surface area contributed by atoms with Crippen LogP contribution in [0.5, 0.6) is 0 Å². The Hall–Kier alpha value is -2.12. The fourth-order valence-electron chi connectivity index (χ4n) is 3.42. The van der Waals surface area contributed by atoms with Gasteiger partial charge in [-0.05, 0) is 26.7 Å². The number of carbonyl (C=O) groups excluding carboxylic acids is 1. The monoisotopic (exact) mass is 349 g/mol. The third-order valence-corrected chi connectivity index (χ3v) is 4.81. The van der Waals surface area contributed by atoms with Gasteiger partial charge in [0.25, 0.3) is 11.6 Å². The molecule has 2 rings (SSSR count). The van der Waals surface area contributed by atoms with E-state index in [0.29, 0.717) is 23.1 Å². The molecule has 0 spiro atoms. The van der Waals surface area contributed by atoms with Crippen LogP contribution in [0, 0.1) is 5.21 Å². The third-order valence-electron chi connectivity index (χ3n) is 4.81. The lowest BCUT2D eigenvalue weighted by Gasteiger charge is -2.38. The summed E-state index contributed by atoms with van der Waals surface area (Å²) in [5.74, 6) is -0.189. The van der Waals surface area contributed by atoms with E-state index in [0.717, 1.165) is 5.06 Å². The SMILES string of the molecule is COC(=O)CCCCC1=[N+]([O-])C(OC)(c2ccccc2)C(C)(C)N1[O]. The Morgan fingerprint density at radius 3 is 2.40 bits per heavy atom. The molecule has 1 radical (unpaired) electrons. The maximum Gasteiger partial charge on any atom is 0.305 e. The predicted molar refractivity (Wildman–Crippen MR) is 90.9 cm³/mol. The van der Waals surface area contributed by atoms with E-state index in [-0.39, 0.29) is 24.6 Å². The number of amidine groups is 1. The lowest BCUT2D eigenvalue weighted by molar-refractivity contribution is -0.625. The number of rotatable bonds is 7. The molecule has 0 N–H and O–H groups in total. The molecule has 0 saturated heterocycles. The molecule has 0 aliphatic carbocycles. The van der Waals surface area contributed by atoms with E-state index in [1.807, 2.05) is 18.2 Å². The average molecular weight is 349 g/mol. The molecule has 25 heavy (non-hydrogen) atoms. The van der Waals surface area contributed by atoms with E-state index in [4.69, 9.17) is 4.74 Å². The van der Waals surface area contributed by atoms with Crippen LogP contribution in [0.2, 0.25) is 0 Å². The van der Waals surface area contributed by atoms with E-state index in [1.54, 1.807) is 26.0 Å². The van der Waals surface area contributed by atoms with Crippen molar-refractivity contribution in [1.29, 1.82) is 0 Å². The van der Waals surface area contributed by atoms with Crippen molar-refractivity contribution in [3.05, 3.63) is 41.1 Å².